The first-order valence-electron chi connectivity index (χ1n) is 4.68. The molecule has 0 bridgehead atoms. The van der Waals surface area contributed by atoms with E-state index in [0.29, 0.717) is 18.0 Å². The molecule has 0 radical (unpaired) electrons. The standard InChI is InChI=1S/C9H16N2O/c1-7-5-11-8(6-10(7)2)3-4-9(11)12/h7-8H,3-6H2,1-2H3/t7-,8?/m0/s1. The first-order valence-corrected chi connectivity index (χ1v) is 4.68. The highest BCUT2D eigenvalue weighted by Gasteiger charge is 2.36. The molecule has 12 heavy (non-hydrogen) atoms. The van der Waals surface area contributed by atoms with Crippen molar-refractivity contribution in [2.24, 2.45) is 0 Å². The van der Waals surface area contributed by atoms with Gasteiger partial charge < -0.3 is 4.90 Å². The van der Waals surface area contributed by atoms with Gasteiger partial charge >= 0.3 is 0 Å². The van der Waals surface area contributed by atoms with E-state index in [0.717, 1.165) is 25.9 Å². The molecule has 3 heteroatoms. The average Bonchev–Trinajstić information content (AvgIpc) is 2.35. The van der Waals surface area contributed by atoms with Crippen LogP contribution in [0.3, 0.4) is 0 Å². The van der Waals surface area contributed by atoms with Gasteiger partial charge in [0.2, 0.25) is 5.91 Å². The second-order valence-corrected chi connectivity index (χ2v) is 4.03. The Balaban J connectivity index is 2.09. The zero-order valence-corrected chi connectivity index (χ0v) is 7.79. The van der Waals surface area contributed by atoms with Gasteiger partial charge in [0.05, 0.1) is 0 Å². The van der Waals surface area contributed by atoms with Crippen LogP contribution in [0, 0.1) is 0 Å². The number of carbonyl (C=O) groups is 1. The van der Waals surface area contributed by atoms with Crippen LogP contribution in [0.1, 0.15) is 19.8 Å². The van der Waals surface area contributed by atoms with Gasteiger partial charge in [-0.2, -0.15) is 0 Å². The normalized spacial score (nSPS) is 37.2. The molecule has 0 aromatic rings. The number of piperazine rings is 1. The summed E-state index contributed by atoms with van der Waals surface area (Å²) < 4.78 is 0. The van der Waals surface area contributed by atoms with Gasteiger partial charge in [-0.1, -0.05) is 0 Å². The van der Waals surface area contributed by atoms with E-state index in [-0.39, 0.29) is 0 Å². The predicted octanol–water partition coefficient (Wildman–Crippen LogP) is 0.311. The van der Waals surface area contributed by atoms with E-state index in [9.17, 15) is 4.79 Å². The summed E-state index contributed by atoms with van der Waals surface area (Å²) in [6, 6.07) is 1.04. The van der Waals surface area contributed by atoms with Gasteiger partial charge in [-0.3, -0.25) is 9.69 Å². The first-order chi connectivity index (χ1) is 5.68. The fourth-order valence-corrected chi connectivity index (χ4v) is 2.17. The van der Waals surface area contributed by atoms with Gasteiger partial charge in [0.1, 0.15) is 0 Å². The van der Waals surface area contributed by atoms with Crippen molar-refractivity contribution in [1.29, 1.82) is 0 Å². The van der Waals surface area contributed by atoms with Crippen molar-refractivity contribution in [2.45, 2.75) is 31.8 Å². The fraction of sp³-hybridized carbons (Fsp3) is 0.889. The summed E-state index contributed by atoms with van der Waals surface area (Å²) in [4.78, 5) is 15.8. The molecular weight excluding hydrogens is 152 g/mol. The minimum atomic E-state index is 0.361. The number of hydrogen-bond acceptors (Lipinski definition) is 2. The van der Waals surface area contributed by atoms with Crippen molar-refractivity contribution < 1.29 is 4.79 Å². The first kappa shape index (κ1) is 8.05. The van der Waals surface area contributed by atoms with Crippen LogP contribution < -0.4 is 0 Å². The Morgan fingerprint density at radius 2 is 2.17 bits per heavy atom. The molecule has 1 unspecified atom stereocenters. The van der Waals surface area contributed by atoms with E-state index in [1.807, 2.05) is 0 Å². The fourth-order valence-electron chi connectivity index (χ4n) is 2.17. The maximum Gasteiger partial charge on any atom is 0.222 e. The van der Waals surface area contributed by atoms with Crippen molar-refractivity contribution in [1.82, 2.24) is 9.80 Å². The van der Waals surface area contributed by atoms with Crippen LogP contribution >= 0.6 is 0 Å². The van der Waals surface area contributed by atoms with Crippen molar-refractivity contribution in [3.63, 3.8) is 0 Å². The topological polar surface area (TPSA) is 23.6 Å². The third kappa shape index (κ3) is 1.12. The summed E-state index contributed by atoms with van der Waals surface area (Å²) >= 11 is 0. The summed E-state index contributed by atoms with van der Waals surface area (Å²) in [6.07, 6.45) is 1.83. The Labute approximate surface area is 73.3 Å². The quantitative estimate of drug-likeness (QED) is 0.520. The maximum atomic E-state index is 11.4. The van der Waals surface area contributed by atoms with Crippen LogP contribution in [0.5, 0.6) is 0 Å². The van der Waals surface area contributed by atoms with Gasteiger partial charge in [0, 0.05) is 31.6 Å². The van der Waals surface area contributed by atoms with Crippen LogP contribution in [0.2, 0.25) is 0 Å². The van der Waals surface area contributed by atoms with Gasteiger partial charge in [0.25, 0.3) is 0 Å². The van der Waals surface area contributed by atoms with Crippen molar-refractivity contribution in [2.75, 3.05) is 20.1 Å². The van der Waals surface area contributed by atoms with E-state index in [1.165, 1.54) is 0 Å². The van der Waals surface area contributed by atoms with Crippen molar-refractivity contribution in [3.8, 4) is 0 Å². The number of hydrogen-bond donors (Lipinski definition) is 0. The highest BCUT2D eigenvalue weighted by molar-refractivity contribution is 5.79. The summed E-state index contributed by atoms with van der Waals surface area (Å²) in [5.41, 5.74) is 0. The molecule has 2 aliphatic rings. The summed E-state index contributed by atoms with van der Waals surface area (Å²) in [5, 5.41) is 0. The Kier molecular flexibility index (Phi) is 1.83. The van der Waals surface area contributed by atoms with Gasteiger partial charge in [-0.05, 0) is 20.4 Å². The van der Waals surface area contributed by atoms with Gasteiger partial charge in [-0.15, -0.1) is 0 Å². The molecule has 2 saturated heterocycles. The number of likely N-dealkylation sites (N-methyl/N-ethyl adjacent to an activating group) is 1. The molecule has 2 atom stereocenters. The van der Waals surface area contributed by atoms with Crippen LogP contribution in [0.15, 0.2) is 0 Å². The molecule has 0 aromatic heterocycles. The number of rotatable bonds is 0. The van der Waals surface area contributed by atoms with Crippen LogP contribution in [-0.2, 0) is 4.79 Å². The van der Waals surface area contributed by atoms with E-state index in [4.69, 9.17) is 0 Å². The molecule has 0 aromatic carbocycles. The van der Waals surface area contributed by atoms with Crippen LogP contribution in [0.4, 0.5) is 0 Å². The Morgan fingerprint density at radius 1 is 1.42 bits per heavy atom. The summed E-state index contributed by atoms with van der Waals surface area (Å²) in [6.45, 7) is 4.18. The minimum absolute atomic E-state index is 0.361. The summed E-state index contributed by atoms with van der Waals surface area (Å²) in [5.74, 6) is 0.361. The van der Waals surface area contributed by atoms with Crippen LogP contribution in [-0.4, -0.2) is 47.9 Å². The van der Waals surface area contributed by atoms with Gasteiger partial charge in [0.15, 0.2) is 0 Å². The second-order valence-electron chi connectivity index (χ2n) is 4.03. The van der Waals surface area contributed by atoms with Crippen LogP contribution in [0.25, 0.3) is 0 Å². The third-order valence-electron chi connectivity index (χ3n) is 3.16. The molecule has 2 fully saturated rings. The smallest absolute Gasteiger partial charge is 0.222 e. The lowest BCUT2D eigenvalue weighted by molar-refractivity contribution is -0.131. The SMILES string of the molecule is C[C@H]1CN2C(=O)CCC2CN1C. The molecule has 68 valence electrons. The lowest BCUT2D eigenvalue weighted by Crippen LogP contribution is -2.54. The second kappa shape index (κ2) is 2.73. The van der Waals surface area contributed by atoms with E-state index < -0.39 is 0 Å². The number of nitrogens with zero attached hydrogens (tertiary/aromatic N) is 2. The Morgan fingerprint density at radius 3 is 2.92 bits per heavy atom. The molecule has 1 amide bonds. The highest BCUT2D eigenvalue weighted by Crippen LogP contribution is 2.24. The molecule has 0 saturated carbocycles. The molecule has 3 nitrogen and oxygen atoms in total. The number of amides is 1. The molecule has 0 aliphatic carbocycles. The highest BCUT2D eigenvalue weighted by atomic mass is 16.2. The van der Waals surface area contributed by atoms with Crippen molar-refractivity contribution >= 4 is 5.91 Å². The molecule has 2 heterocycles. The zero-order chi connectivity index (χ0) is 8.72. The molecule has 2 rings (SSSR count). The summed E-state index contributed by atoms with van der Waals surface area (Å²) in [7, 11) is 2.14. The number of fused-ring (bicyclic) bond motifs is 1. The Hall–Kier alpha value is -0.570. The minimum Gasteiger partial charge on any atom is -0.337 e. The maximum absolute atomic E-state index is 11.4. The lowest BCUT2D eigenvalue weighted by Gasteiger charge is -2.40. The largest absolute Gasteiger partial charge is 0.337 e. The zero-order valence-electron chi connectivity index (χ0n) is 7.79. The monoisotopic (exact) mass is 168 g/mol. The molecule has 0 spiro atoms. The molecular formula is C9H16N2O. The van der Waals surface area contributed by atoms with E-state index in [2.05, 4.69) is 23.8 Å². The number of carbonyl (C=O) groups excluding carboxylic acids is 1. The van der Waals surface area contributed by atoms with Crippen molar-refractivity contribution in [3.05, 3.63) is 0 Å². The third-order valence-corrected chi connectivity index (χ3v) is 3.16. The average molecular weight is 168 g/mol. The molecule has 2 aliphatic heterocycles. The Bertz CT molecular complexity index is 205. The predicted molar refractivity (Wildman–Crippen MR) is 46.8 cm³/mol. The van der Waals surface area contributed by atoms with E-state index >= 15 is 0 Å². The van der Waals surface area contributed by atoms with E-state index in [1.54, 1.807) is 0 Å². The molecule has 0 N–H and O–H groups in total. The van der Waals surface area contributed by atoms with Gasteiger partial charge in [-0.25, -0.2) is 0 Å². The lowest BCUT2D eigenvalue weighted by atomic mass is 10.1.